The topological polar surface area (TPSA) is 14.2 Å². The molecule has 0 saturated heterocycles. The van der Waals surface area contributed by atoms with Crippen LogP contribution in [0.4, 0.5) is 0 Å². The Morgan fingerprint density at radius 1 is 0.952 bits per heavy atom. The van der Waals surface area contributed by atoms with Gasteiger partial charge in [0.25, 0.3) is 0 Å². The van der Waals surface area contributed by atoms with Gasteiger partial charge in [-0.3, -0.25) is 0 Å². The van der Waals surface area contributed by atoms with Crippen LogP contribution in [0.2, 0.25) is 0 Å². The zero-order valence-electron chi connectivity index (χ0n) is 12.6. The van der Waals surface area contributed by atoms with Gasteiger partial charge in [-0.1, -0.05) is 44.2 Å². The predicted molar refractivity (Wildman–Crippen MR) is 87.8 cm³/mol. The van der Waals surface area contributed by atoms with Crippen molar-refractivity contribution in [3.05, 3.63) is 66.4 Å². The zero-order valence-corrected chi connectivity index (χ0v) is 12.6. The Hall–Kier alpha value is -2.06. The van der Waals surface area contributed by atoms with E-state index in [1.165, 1.54) is 22.2 Å². The molecule has 0 N–H and O–H groups in total. The van der Waals surface area contributed by atoms with Crippen LogP contribution in [0.3, 0.4) is 0 Å². The van der Waals surface area contributed by atoms with Crippen molar-refractivity contribution in [2.75, 3.05) is 6.61 Å². The summed E-state index contributed by atoms with van der Waals surface area (Å²) in [5.41, 5.74) is 3.64. The SMILES string of the molecule is CC(C)COCc1ccc(-n2ccc3ccccc32)cc1. The van der Waals surface area contributed by atoms with E-state index in [0.29, 0.717) is 12.5 Å². The van der Waals surface area contributed by atoms with Crippen molar-refractivity contribution in [3.63, 3.8) is 0 Å². The predicted octanol–water partition coefficient (Wildman–Crippen LogP) is 4.80. The lowest BCUT2D eigenvalue weighted by molar-refractivity contribution is 0.0971. The first kappa shape index (κ1) is 13.9. The molecule has 21 heavy (non-hydrogen) atoms. The van der Waals surface area contributed by atoms with Crippen LogP contribution >= 0.6 is 0 Å². The fourth-order valence-corrected chi connectivity index (χ4v) is 2.47. The summed E-state index contributed by atoms with van der Waals surface area (Å²) >= 11 is 0. The van der Waals surface area contributed by atoms with Gasteiger partial charge in [0.1, 0.15) is 0 Å². The number of nitrogens with zero attached hydrogens (tertiary/aromatic N) is 1. The average Bonchev–Trinajstić information content (AvgIpc) is 2.92. The lowest BCUT2D eigenvalue weighted by atomic mass is 10.2. The summed E-state index contributed by atoms with van der Waals surface area (Å²) in [6.45, 7) is 5.83. The van der Waals surface area contributed by atoms with Gasteiger partial charge in [-0.25, -0.2) is 0 Å². The third kappa shape index (κ3) is 3.17. The maximum atomic E-state index is 5.68. The van der Waals surface area contributed by atoms with Crippen molar-refractivity contribution in [1.29, 1.82) is 0 Å². The van der Waals surface area contributed by atoms with Gasteiger partial charge in [0.05, 0.1) is 12.1 Å². The molecule has 0 aliphatic rings. The molecule has 0 amide bonds. The maximum Gasteiger partial charge on any atom is 0.0717 e. The Balaban J connectivity index is 1.78. The summed E-state index contributed by atoms with van der Waals surface area (Å²) in [6, 6.07) is 19.2. The molecule has 0 radical (unpaired) electrons. The van der Waals surface area contributed by atoms with Crippen molar-refractivity contribution >= 4 is 10.9 Å². The number of ether oxygens (including phenoxy) is 1. The van der Waals surface area contributed by atoms with Crippen molar-refractivity contribution in [1.82, 2.24) is 4.57 Å². The number of hydrogen-bond donors (Lipinski definition) is 0. The van der Waals surface area contributed by atoms with Crippen LogP contribution in [0.15, 0.2) is 60.8 Å². The molecule has 0 unspecified atom stereocenters. The second kappa shape index (κ2) is 6.15. The Kier molecular flexibility index (Phi) is 4.07. The molecule has 0 fully saturated rings. The summed E-state index contributed by atoms with van der Waals surface area (Å²) < 4.78 is 7.89. The van der Waals surface area contributed by atoms with E-state index < -0.39 is 0 Å². The lowest BCUT2D eigenvalue weighted by Crippen LogP contribution is -2.02. The third-order valence-corrected chi connectivity index (χ3v) is 3.53. The standard InChI is InChI=1S/C19H21NO/c1-15(2)13-21-14-16-7-9-18(10-8-16)20-12-11-17-5-3-4-6-19(17)20/h3-12,15H,13-14H2,1-2H3. The average molecular weight is 279 g/mol. The van der Waals surface area contributed by atoms with Crippen molar-refractivity contribution in [3.8, 4) is 5.69 Å². The second-order valence-electron chi connectivity index (χ2n) is 5.82. The van der Waals surface area contributed by atoms with E-state index in [9.17, 15) is 0 Å². The molecule has 0 aliphatic carbocycles. The van der Waals surface area contributed by atoms with Gasteiger partial charge in [-0.05, 0) is 41.1 Å². The quantitative estimate of drug-likeness (QED) is 0.654. The molecule has 2 aromatic carbocycles. The summed E-state index contributed by atoms with van der Waals surface area (Å²) in [7, 11) is 0. The third-order valence-electron chi connectivity index (χ3n) is 3.53. The van der Waals surface area contributed by atoms with E-state index in [-0.39, 0.29) is 0 Å². The summed E-state index contributed by atoms with van der Waals surface area (Å²) in [4.78, 5) is 0. The van der Waals surface area contributed by atoms with E-state index >= 15 is 0 Å². The van der Waals surface area contributed by atoms with E-state index in [2.05, 4.69) is 79.2 Å². The van der Waals surface area contributed by atoms with Crippen LogP contribution in [0.1, 0.15) is 19.4 Å². The number of rotatable bonds is 5. The van der Waals surface area contributed by atoms with Crippen molar-refractivity contribution in [2.24, 2.45) is 5.92 Å². The summed E-state index contributed by atoms with van der Waals surface area (Å²) in [5, 5.41) is 1.27. The lowest BCUT2D eigenvalue weighted by Gasteiger charge is -2.09. The number of hydrogen-bond acceptors (Lipinski definition) is 1. The molecule has 2 nitrogen and oxygen atoms in total. The van der Waals surface area contributed by atoms with Crippen molar-refractivity contribution < 1.29 is 4.74 Å². The minimum atomic E-state index is 0.579. The van der Waals surface area contributed by atoms with Gasteiger partial charge < -0.3 is 9.30 Å². The van der Waals surface area contributed by atoms with Crippen LogP contribution < -0.4 is 0 Å². The van der Waals surface area contributed by atoms with Gasteiger partial charge >= 0.3 is 0 Å². The molecule has 1 aromatic heterocycles. The van der Waals surface area contributed by atoms with Gasteiger partial charge in [0.15, 0.2) is 0 Å². The normalized spacial score (nSPS) is 11.4. The molecular weight excluding hydrogens is 258 g/mol. The smallest absolute Gasteiger partial charge is 0.0717 e. The minimum Gasteiger partial charge on any atom is -0.377 e. The second-order valence-corrected chi connectivity index (χ2v) is 5.82. The molecule has 0 saturated carbocycles. The van der Waals surface area contributed by atoms with E-state index in [4.69, 9.17) is 4.74 Å². The van der Waals surface area contributed by atoms with Gasteiger partial charge in [0, 0.05) is 18.5 Å². The number of aromatic nitrogens is 1. The fourth-order valence-electron chi connectivity index (χ4n) is 2.47. The highest BCUT2D eigenvalue weighted by Gasteiger charge is 2.03. The van der Waals surface area contributed by atoms with E-state index in [1.807, 2.05) is 0 Å². The minimum absolute atomic E-state index is 0.579. The Labute approximate surface area is 126 Å². The largest absolute Gasteiger partial charge is 0.377 e. The first-order chi connectivity index (χ1) is 10.2. The molecule has 0 bridgehead atoms. The number of para-hydroxylation sites is 1. The monoisotopic (exact) mass is 279 g/mol. The summed E-state index contributed by atoms with van der Waals surface area (Å²) in [6.07, 6.45) is 2.12. The highest BCUT2D eigenvalue weighted by molar-refractivity contribution is 5.81. The number of fused-ring (bicyclic) bond motifs is 1. The molecule has 2 heteroatoms. The summed E-state index contributed by atoms with van der Waals surface area (Å²) in [5.74, 6) is 0.579. The first-order valence-corrected chi connectivity index (χ1v) is 7.47. The molecule has 3 aromatic rings. The Morgan fingerprint density at radius 3 is 2.48 bits per heavy atom. The molecule has 1 heterocycles. The molecule has 108 valence electrons. The van der Waals surface area contributed by atoms with Gasteiger partial charge in [-0.2, -0.15) is 0 Å². The van der Waals surface area contributed by atoms with E-state index in [1.54, 1.807) is 0 Å². The number of benzene rings is 2. The molecule has 0 spiro atoms. The van der Waals surface area contributed by atoms with E-state index in [0.717, 1.165) is 6.61 Å². The van der Waals surface area contributed by atoms with Crippen LogP contribution in [-0.4, -0.2) is 11.2 Å². The van der Waals surface area contributed by atoms with Crippen LogP contribution in [0, 0.1) is 5.92 Å². The first-order valence-electron chi connectivity index (χ1n) is 7.47. The molecular formula is C19H21NO. The zero-order chi connectivity index (χ0) is 14.7. The molecule has 3 rings (SSSR count). The highest BCUT2D eigenvalue weighted by atomic mass is 16.5. The Morgan fingerprint density at radius 2 is 1.71 bits per heavy atom. The van der Waals surface area contributed by atoms with Crippen LogP contribution in [0.25, 0.3) is 16.6 Å². The van der Waals surface area contributed by atoms with Crippen LogP contribution in [-0.2, 0) is 11.3 Å². The highest BCUT2D eigenvalue weighted by Crippen LogP contribution is 2.20. The van der Waals surface area contributed by atoms with Crippen LogP contribution in [0.5, 0.6) is 0 Å². The maximum absolute atomic E-state index is 5.68. The fraction of sp³-hybridized carbons (Fsp3) is 0.263. The van der Waals surface area contributed by atoms with Gasteiger partial charge in [-0.15, -0.1) is 0 Å². The Bertz CT molecular complexity index is 710. The van der Waals surface area contributed by atoms with Gasteiger partial charge in [0.2, 0.25) is 0 Å². The molecule has 0 aliphatic heterocycles. The molecule has 0 atom stereocenters. The van der Waals surface area contributed by atoms with Crippen molar-refractivity contribution in [2.45, 2.75) is 20.5 Å².